The molecule has 0 aliphatic heterocycles. The van der Waals surface area contributed by atoms with Crippen molar-refractivity contribution in [3.8, 4) is 0 Å². The minimum Gasteiger partial charge on any atom is -0.385 e. The average molecular weight is 302 g/mol. The molecule has 0 saturated carbocycles. The highest BCUT2D eigenvalue weighted by atomic mass is 79.9. The summed E-state index contributed by atoms with van der Waals surface area (Å²) in [7, 11) is 0. The molecule has 2 N–H and O–H groups in total. The first-order valence-electron chi connectivity index (χ1n) is 5.70. The molecule has 1 aromatic carbocycles. The molecular formula is C14H12BrN3. The second-order valence-corrected chi connectivity index (χ2v) is 5.03. The lowest BCUT2D eigenvalue weighted by molar-refractivity contribution is 1.10. The van der Waals surface area contributed by atoms with E-state index in [2.05, 4.69) is 27.0 Å². The summed E-state index contributed by atoms with van der Waals surface area (Å²) in [6, 6.07) is 13.9. The van der Waals surface area contributed by atoms with E-state index in [0.29, 0.717) is 5.82 Å². The molecule has 3 nitrogen and oxygen atoms in total. The van der Waals surface area contributed by atoms with Crippen molar-refractivity contribution in [1.82, 2.24) is 9.38 Å². The molecule has 2 heterocycles. The van der Waals surface area contributed by atoms with Gasteiger partial charge in [0.2, 0.25) is 0 Å². The third-order valence-corrected chi connectivity index (χ3v) is 3.68. The molecule has 18 heavy (non-hydrogen) atoms. The van der Waals surface area contributed by atoms with Crippen molar-refractivity contribution < 1.29 is 0 Å². The largest absolute Gasteiger partial charge is 0.385 e. The quantitative estimate of drug-likeness (QED) is 0.789. The second-order valence-electron chi connectivity index (χ2n) is 4.18. The number of nitrogens with two attached hydrogens (primary N) is 1. The highest BCUT2D eigenvalue weighted by Crippen LogP contribution is 2.20. The van der Waals surface area contributed by atoms with Crippen molar-refractivity contribution in [2.75, 3.05) is 5.73 Å². The summed E-state index contributed by atoms with van der Waals surface area (Å²) in [6.45, 7) is 0. The van der Waals surface area contributed by atoms with Crippen molar-refractivity contribution in [3.63, 3.8) is 0 Å². The second kappa shape index (κ2) is 4.46. The van der Waals surface area contributed by atoms with Crippen LogP contribution >= 0.6 is 15.9 Å². The Hall–Kier alpha value is -1.81. The Labute approximate surface area is 113 Å². The Morgan fingerprint density at radius 1 is 1.11 bits per heavy atom. The van der Waals surface area contributed by atoms with Crippen molar-refractivity contribution in [2.45, 2.75) is 6.42 Å². The van der Waals surface area contributed by atoms with Crippen molar-refractivity contribution in [2.24, 2.45) is 0 Å². The molecule has 0 saturated heterocycles. The van der Waals surface area contributed by atoms with Gasteiger partial charge in [0.15, 0.2) is 0 Å². The Bertz CT molecular complexity index is 703. The van der Waals surface area contributed by atoms with Crippen molar-refractivity contribution in [3.05, 3.63) is 64.4 Å². The highest BCUT2D eigenvalue weighted by molar-refractivity contribution is 9.10. The van der Waals surface area contributed by atoms with E-state index < -0.39 is 0 Å². The molecule has 0 aliphatic rings. The molecule has 0 aliphatic carbocycles. The van der Waals surface area contributed by atoms with Gasteiger partial charge >= 0.3 is 0 Å². The molecule has 0 amide bonds. The number of pyridine rings is 1. The highest BCUT2D eigenvalue weighted by Gasteiger charge is 2.06. The van der Waals surface area contributed by atoms with E-state index in [-0.39, 0.29) is 0 Å². The minimum absolute atomic E-state index is 0.707. The number of hydrogen-bond acceptors (Lipinski definition) is 2. The number of aromatic nitrogens is 2. The van der Waals surface area contributed by atoms with Crippen LogP contribution in [0.1, 0.15) is 11.3 Å². The van der Waals surface area contributed by atoms with E-state index in [1.54, 1.807) is 0 Å². The molecule has 0 unspecified atom stereocenters. The zero-order chi connectivity index (χ0) is 12.5. The zero-order valence-electron chi connectivity index (χ0n) is 9.68. The molecule has 0 radical (unpaired) electrons. The Morgan fingerprint density at radius 3 is 2.72 bits per heavy atom. The van der Waals surface area contributed by atoms with Gasteiger partial charge in [-0.2, -0.15) is 0 Å². The van der Waals surface area contributed by atoms with Crippen molar-refractivity contribution in [1.29, 1.82) is 0 Å². The third-order valence-electron chi connectivity index (χ3n) is 2.90. The van der Waals surface area contributed by atoms with Crippen LogP contribution in [-0.2, 0) is 6.42 Å². The number of rotatable bonds is 2. The normalized spacial score (nSPS) is 10.9. The van der Waals surface area contributed by atoms with E-state index in [4.69, 9.17) is 5.73 Å². The van der Waals surface area contributed by atoms with Crippen LogP contribution in [0.4, 0.5) is 5.82 Å². The van der Waals surface area contributed by atoms with Gasteiger partial charge in [0.1, 0.15) is 11.5 Å². The van der Waals surface area contributed by atoms with Crippen molar-refractivity contribution >= 4 is 27.4 Å². The summed E-state index contributed by atoms with van der Waals surface area (Å²) in [4.78, 5) is 4.57. The molecule has 3 rings (SSSR count). The lowest BCUT2D eigenvalue weighted by Crippen LogP contribution is -1.93. The van der Waals surface area contributed by atoms with Gasteiger partial charge in [-0.05, 0) is 23.8 Å². The summed E-state index contributed by atoms with van der Waals surface area (Å²) >= 11 is 3.55. The molecule has 4 heteroatoms. The predicted octanol–water partition coefficient (Wildman–Crippen LogP) is 3.27. The maximum absolute atomic E-state index is 5.91. The van der Waals surface area contributed by atoms with Gasteiger partial charge in [-0.1, -0.05) is 40.2 Å². The van der Waals surface area contributed by atoms with Gasteiger partial charge in [-0.25, -0.2) is 4.98 Å². The van der Waals surface area contributed by atoms with Crippen LogP contribution in [0, 0.1) is 0 Å². The fourth-order valence-electron chi connectivity index (χ4n) is 2.00. The first-order valence-corrected chi connectivity index (χ1v) is 6.49. The lowest BCUT2D eigenvalue weighted by atomic mass is 10.1. The molecular weight excluding hydrogens is 290 g/mol. The SMILES string of the molecule is Nc1cccc2nc(Cc3ccccc3Br)cn12. The maximum Gasteiger partial charge on any atom is 0.138 e. The molecule has 0 spiro atoms. The number of nitrogens with zero attached hydrogens (tertiary/aromatic N) is 2. The van der Waals surface area contributed by atoms with Gasteiger partial charge in [0.25, 0.3) is 0 Å². The Kier molecular flexibility index (Phi) is 2.80. The first kappa shape index (κ1) is 11.3. The topological polar surface area (TPSA) is 43.3 Å². The van der Waals surface area contributed by atoms with Crippen LogP contribution in [0.2, 0.25) is 0 Å². The standard InChI is InChI=1S/C14H12BrN3/c15-12-5-2-1-4-10(12)8-11-9-18-13(16)6-3-7-14(18)17-11/h1-7,9H,8,16H2. The van der Waals surface area contributed by atoms with E-state index in [9.17, 15) is 0 Å². The molecule has 90 valence electrons. The first-order chi connectivity index (χ1) is 8.74. The van der Waals surface area contributed by atoms with E-state index in [1.165, 1.54) is 5.56 Å². The van der Waals surface area contributed by atoms with Gasteiger partial charge in [-0.3, -0.25) is 4.40 Å². The number of hydrogen-bond donors (Lipinski definition) is 1. The predicted molar refractivity (Wildman–Crippen MR) is 76.6 cm³/mol. The molecule has 3 aromatic rings. The average Bonchev–Trinajstić information content (AvgIpc) is 2.76. The maximum atomic E-state index is 5.91. The number of benzene rings is 1. The van der Waals surface area contributed by atoms with E-state index >= 15 is 0 Å². The summed E-state index contributed by atoms with van der Waals surface area (Å²) in [6.07, 6.45) is 2.78. The lowest BCUT2D eigenvalue weighted by Gasteiger charge is -2.00. The summed E-state index contributed by atoms with van der Waals surface area (Å²) in [5.74, 6) is 0.707. The molecule has 2 aromatic heterocycles. The molecule has 0 bridgehead atoms. The van der Waals surface area contributed by atoms with Gasteiger partial charge in [0.05, 0.1) is 5.69 Å². The van der Waals surface area contributed by atoms with Crippen LogP contribution in [0.3, 0.4) is 0 Å². The van der Waals surface area contributed by atoms with Crippen LogP contribution in [0.15, 0.2) is 53.1 Å². The number of halogens is 1. The van der Waals surface area contributed by atoms with E-state index in [1.807, 2.05) is 47.0 Å². The van der Waals surface area contributed by atoms with Gasteiger partial charge in [0, 0.05) is 17.1 Å². The summed E-state index contributed by atoms with van der Waals surface area (Å²) < 4.78 is 3.02. The number of anilines is 1. The van der Waals surface area contributed by atoms with Gasteiger partial charge < -0.3 is 5.73 Å². The monoisotopic (exact) mass is 301 g/mol. The Morgan fingerprint density at radius 2 is 1.94 bits per heavy atom. The summed E-state index contributed by atoms with van der Waals surface area (Å²) in [5, 5.41) is 0. The summed E-state index contributed by atoms with van der Waals surface area (Å²) in [5.41, 5.74) is 9.03. The van der Waals surface area contributed by atoms with Crippen LogP contribution in [0.25, 0.3) is 5.65 Å². The number of nitrogen functional groups attached to an aromatic ring is 1. The zero-order valence-corrected chi connectivity index (χ0v) is 11.3. The van der Waals surface area contributed by atoms with E-state index in [0.717, 1.165) is 22.2 Å². The fourth-order valence-corrected chi connectivity index (χ4v) is 2.43. The van der Waals surface area contributed by atoms with Crippen LogP contribution < -0.4 is 5.73 Å². The van der Waals surface area contributed by atoms with Gasteiger partial charge in [-0.15, -0.1) is 0 Å². The minimum atomic E-state index is 0.707. The molecule has 0 fully saturated rings. The van der Waals surface area contributed by atoms with Crippen LogP contribution in [0.5, 0.6) is 0 Å². The Balaban J connectivity index is 2.01. The number of fused-ring (bicyclic) bond motifs is 1. The van der Waals surface area contributed by atoms with Crippen LogP contribution in [-0.4, -0.2) is 9.38 Å². The smallest absolute Gasteiger partial charge is 0.138 e. The number of imidazole rings is 1. The molecule has 0 atom stereocenters. The fraction of sp³-hybridized carbons (Fsp3) is 0.0714. The third kappa shape index (κ3) is 1.99.